The Morgan fingerprint density at radius 3 is 2.67 bits per heavy atom. The monoisotopic (exact) mass is 374 g/mol. The van der Waals surface area contributed by atoms with E-state index in [9.17, 15) is 18.3 Å². The third-order valence-corrected chi connectivity index (χ3v) is 6.85. The molecule has 1 saturated heterocycles. The number of sulfonamides is 1. The number of rotatable bonds is 8. The first-order valence-corrected chi connectivity index (χ1v) is 11.0. The topological polar surface area (TPSA) is 86.7 Å². The molecule has 1 aromatic heterocycles. The van der Waals surface area contributed by atoms with Gasteiger partial charge in [-0.25, -0.2) is 12.7 Å². The zero-order valence-electron chi connectivity index (χ0n) is 14.0. The van der Waals surface area contributed by atoms with Crippen molar-refractivity contribution in [3.8, 4) is 0 Å². The summed E-state index contributed by atoms with van der Waals surface area (Å²) >= 11 is 1.67. The van der Waals surface area contributed by atoms with Crippen LogP contribution in [0.15, 0.2) is 17.5 Å². The maximum Gasteiger partial charge on any atom is 0.223 e. The minimum atomic E-state index is -3.16. The summed E-state index contributed by atoms with van der Waals surface area (Å²) in [5.74, 6) is 0.167. The number of thiophene rings is 1. The van der Waals surface area contributed by atoms with Crippen LogP contribution in [0, 0.1) is 5.92 Å². The molecule has 2 N–H and O–H groups in total. The summed E-state index contributed by atoms with van der Waals surface area (Å²) in [6.07, 6.45) is 3.85. The Bertz CT molecular complexity index is 608. The van der Waals surface area contributed by atoms with Gasteiger partial charge in [0.05, 0.1) is 6.26 Å². The number of carbonyl (C=O) groups excluding carboxylic acids is 1. The van der Waals surface area contributed by atoms with Gasteiger partial charge in [-0.1, -0.05) is 6.07 Å². The molecule has 0 bridgehead atoms. The summed E-state index contributed by atoms with van der Waals surface area (Å²) in [4.78, 5) is 13.5. The van der Waals surface area contributed by atoms with Crippen LogP contribution in [-0.4, -0.2) is 56.2 Å². The zero-order chi connectivity index (χ0) is 17.6. The van der Waals surface area contributed by atoms with Crippen LogP contribution in [0.1, 0.15) is 36.5 Å². The Morgan fingerprint density at radius 2 is 2.12 bits per heavy atom. The Kier molecular flexibility index (Phi) is 7.21. The van der Waals surface area contributed by atoms with E-state index in [2.05, 4.69) is 11.4 Å². The van der Waals surface area contributed by atoms with Crippen LogP contribution in [0.4, 0.5) is 0 Å². The summed E-state index contributed by atoms with van der Waals surface area (Å²) in [7, 11) is -3.16. The molecule has 1 aromatic rings. The lowest BCUT2D eigenvalue weighted by molar-refractivity contribution is -0.126. The van der Waals surface area contributed by atoms with E-state index in [1.165, 1.54) is 15.4 Å². The van der Waals surface area contributed by atoms with Crippen LogP contribution in [0.3, 0.4) is 0 Å². The summed E-state index contributed by atoms with van der Waals surface area (Å²) < 4.78 is 24.4. The van der Waals surface area contributed by atoms with Gasteiger partial charge in [-0.2, -0.15) is 0 Å². The first-order valence-electron chi connectivity index (χ1n) is 8.29. The average molecular weight is 375 g/mol. The summed E-state index contributed by atoms with van der Waals surface area (Å²) in [5, 5.41) is 14.2. The van der Waals surface area contributed by atoms with Gasteiger partial charge in [0.2, 0.25) is 15.9 Å². The van der Waals surface area contributed by atoms with Crippen LogP contribution in [0.25, 0.3) is 0 Å². The number of piperidine rings is 1. The minimum absolute atomic E-state index is 0.0112. The fraction of sp³-hybridized carbons (Fsp3) is 0.688. The van der Waals surface area contributed by atoms with E-state index in [0.717, 1.165) is 6.42 Å². The quantitative estimate of drug-likeness (QED) is 0.720. The number of amides is 1. The van der Waals surface area contributed by atoms with E-state index in [0.29, 0.717) is 38.9 Å². The van der Waals surface area contributed by atoms with Crippen molar-refractivity contribution < 1.29 is 18.3 Å². The lowest BCUT2D eigenvalue weighted by Gasteiger charge is -2.29. The predicted molar refractivity (Wildman–Crippen MR) is 95.5 cm³/mol. The Morgan fingerprint density at radius 1 is 1.42 bits per heavy atom. The largest absolute Gasteiger partial charge is 0.396 e. The second-order valence-corrected chi connectivity index (χ2v) is 9.20. The molecule has 1 fully saturated rings. The van der Waals surface area contributed by atoms with E-state index in [1.807, 2.05) is 11.4 Å². The maximum atomic E-state index is 12.3. The molecule has 0 aromatic carbocycles. The molecule has 2 heterocycles. The number of aliphatic hydroxyl groups is 1. The Labute approximate surface area is 147 Å². The molecule has 0 unspecified atom stereocenters. The van der Waals surface area contributed by atoms with Crippen LogP contribution >= 0.6 is 11.3 Å². The van der Waals surface area contributed by atoms with Gasteiger partial charge in [0.1, 0.15) is 0 Å². The fourth-order valence-corrected chi connectivity index (χ4v) is 4.85. The first-order chi connectivity index (χ1) is 11.4. The molecule has 1 aliphatic heterocycles. The van der Waals surface area contributed by atoms with Crippen molar-refractivity contribution in [2.75, 3.05) is 32.5 Å². The van der Waals surface area contributed by atoms with Gasteiger partial charge in [0.25, 0.3) is 0 Å². The zero-order valence-corrected chi connectivity index (χ0v) is 15.6. The van der Waals surface area contributed by atoms with E-state index >= 15 is 0 Å². The van der Waals surface area contributed by atoms with Crippen molar-refractivity contribution in [1.29, 1.82) is 0 Å². The average Bonchev–Trinajstić information content (AvgIpc) is 3.07. The lowest BCUT2D eigenvalue weighted by atomic mass is 9.96. The molecule has 24 heavy (non-hydrogen) atoms. The van der Waals surface area contributed by atoms with Gasteiger partial charge in [-0.15, -0.1) is 11.3 Å². The highest BCUT2D eigenvalue weighted by atomic mass is 32.2. The molecule has 2 rings (SSSR count). The van der Waals surface area contributed by atoms with Crippen LogP contribution in [0.2, 0.25) is 0 Å². The maximum absolute atomic E-state index is 12.3. The molecule has 0 aliphatic carbocycles. The SMILES string of the molecule is CS(=O)(=O)N1CCC(C(=O)NCC[C@@H](CCO)c2cccs2)CC1. The number of hydrogen-bond acceptors (Lipinski definition) is 5. The van der Waals surface area contributed by atoms with Gasteiger partial charge in [-0.05, 0) is 43.0 Å². The second kappa shape index (κ2) is 8.94. The first kappa shape index (κ1) is 19.4. The van der Waals surface area contributed by atoms with E-state index in [-0.39, 0.29) is 24.3 Å². The molecule has 8 heteroatoms. The van der Waals surface area contributed by atoms with E-state index in [4.69, 9.17) is 0 Å². The number of hydrogen-bond donors (Lipinski definition) is 2. The summed E-state index contributed by atoms with van der Waals surface area (Å²) in [5.41, 5.74) is 0. The normalized spacial score (nSPS) is 18.4. The molecule has 0 saturated carbocycles. The highest BCUT2D eigenvalue weighted by molar-refractivity contribution is 7.88. The van der Waals surface area contributed by atoms with Crippen LogP contribution < -0.4 is 5.32 Å². The smallest absolute Gasteiger partial charge is 0.223 e. The Hall–Kier alpha value is -0.960. The highest BCUT2D eigenvalue weighted by Crippen LogP contribution is 2.27. The van der Waals surface area contributed by atoms with Crippen LogP contribution in [0.5, 0.6) is 0 Å². The highest BCUT2D eigenvalue weighted by Gasteiger charge is 2.28. The minimum Gasteiger partial charge on any atom is -0.396 e. The van der Waals surface area contributed by atoms with Crippen molar-refractivity contribution in [1.82, 2.24) is 9.62 Å². The third kappa shape index (κ3) is 5.54. The van der Waals surface area contributed by atoms with Crippen molar-refractivity contribution in [3.05, 3.63) is 22.4 Å². The molecular weight excluding hydrogens is 348 g/mol. The van der Waals surface area contributed by atoms with Gasteiger partial charge < -0.3 is 10.4 Å². The van der Waals surface area contributed by atoms with Crippen molar-refractivity contribution in [2.24, 2.45) is 5.92 Å². The molecule has 1 aliphatic rings. The molecule has 1 amide bonds. The lowest BCUT2D eigenvalue weighted by Crippen LogP contribution is -2.42. The molecule has 136 valence electrons. The van der Waals surface area contributed by atoms with Crippen molar-refractivity contribution in [2.45, 2.75) is 31.6 Å². The second-order valence-electron chi connectivity index (χ2n) is 6.24. The third-order valence-electron chi connectivity index (χ3n) is 4.51. The predicted octanol–water partition coefficient (Wildman–Crippen LogP) is 1.39. The fourth-order valence-electron chi connectivity index (χ4n) is 3.07. The Balaban J connectivity index is 1.75. The molecular formula is C16H26N2O4S2. The van der Waals surface area contributed by atoms with Crippen molar-refractivity contribution >= 4 is 27.3 Å². The van der Waals surface area contributed by atoms with Gasteiger partial charge in [-0.3, -0.25) is 4.79 Å². The summed E-state index contributed by atoms with van der Waals surface area (Å²) in [6, 6.07) is 4.06. The number of aliphatic hydroxyl groups excluding tert-OH is 1. The van der Waals surface area contributed by atoms with E-state index in [1.54, 1.807) is 11.3 Å². The summed E-state index contributed by atoms with van der Waals surface area (Å²) in [6.45, 7) is 1.55. The van der Waals surface area contributed by atoms with Gasteiger partial charge >= 0.3 is 0 Å². The number of nitrogens with zero attached hydrogens (tertiary/aromatic N) is 1. The van der Waals surface area contributed by atoms with Gasteiger partial charge in [0, 0.05) is 37.0 Å². The number of carbonyl (C=O) groups is 1. The number of nitrogens with one attached hydrogen (secondary N) is 1. The molecule has 1 atom stereocenters. The molecule has 0 spiro atoms. The standard InChI is InChI=1S/C16H26N2O4S2/c1-24(21,22)18-9-5-14(6-10-18)16(20)17-8-4-13(7-11-19)15-3-2-12-23-15/h2-3,12-14,19H,4-11H2,1H3,(H,17,20)/t13-/m0/s1. The molecule has 0 radical (unpaired) electrons. The van der Waals surface area contributed by atoms with E-state index < -0.39 is 10.0 Å². The van der Waals surface area contributed by atoms with Gasteiger partial charge in [0.15, 0.2) is 0 Å². The van der Waals surface area contributed by atoms with Crippen LogP contribution in [-0.2, 0) is 14.8 Å². The molecule has 6 nitrogen and oxygen atoms in total. The van der Waals surface area contributed by atoms with Crippen molar-refractivity contribution in [3.63, 3.8) is 0 Å².